The number of phenols is 1. The fourth-order valence-electron chi connectivity index (χ4n) is 1.41. The van der Waals surface area contributed by atoms with E-state index in [2.05, 4.69) is 10.3 Å². The van der Waals surface area contributed by atoms with Gasteiger partial charge in [0.05, 0.1) is 22.6 Å². The zero-order valence-corrected chi connectivity index (χ0v) is 10.8. The lowest BCUT2D eigenvalue weighted by Gasteiger charge is -2.08. The number of carbonyl (C=O) groups is 1. The number of phenolic OH excluding ortho intramolecular Hbond substituents is 1. The van der Waals surface area contributed by atoms with Crippen LogP contribution in [0.3, 0.4) is 0 Å². The number of rotatable bonds is 2. The summed E-state index contributed by atoms with van der Waals surface area (Å²) in [4.78, 5) is 15.7. The first-order chi connectivity index (χ1) is 8.49. The molecule has 5 nitrogen and oxygen atoms in total. The molecule has 1 amide bonds. The molecule has 0 spiro atoms. The van der Waals surface area contributed by atoms with Crippen molar-refractivity contribution in [2.75, 3.05) is 5.32 Å². The molecule has 0 saturated heterocycles. The van der Waals surface area contributed by atoms with Crippen molar-refractivity contribution in [3.8, 4) is 5.75 Å². The number of amides is 1. The number of aromatic hydroxyl groups is 1. The van der Waals surface area contributed by atoms with Crippen LogP contribution in [0.2, 0.25) is 10.0 Å². The standard InChI is InChI=1S/C11H9Cl2N3O2/c1-16-5-14-4-9(16)11(18)15-6-2-7(12)10(17)8(13)3-6/h2-5,17H,1H3,(H,15,18). The van der Waals surface area contributed by atoms with Crippen LogP contribution < -0.4 is 5.32 Å². The summed E-state index contributed by atoms with van der Waals surface area (Å²) in [6, 6.07) is 2.83. The van der Waals surface area contributed by atoms with Gasteiger partial charge in [-0.2, -0.15) is 0 Å². The third-order valence-electron chi connectivity index (χ3n) is 2.32. The molecule has 1 aromatic heterocycles. The van der Waals surface area contributed by atoms with Crippen LogP contribution in [0.15, 0.2) is 24.7 Å². The van der Waals surface area contributed by atoms with Crippen LogP contribution in [0, 0.1) is 0 Å². The van der Waals surface area contributed by atoms with Gasteiger partial charge in [-0.3, -0.25) is 4.79 Å². The molecular formula is C11H9Cl2N3O2. The van der Waals surface area contributed by atoms with Gasteiger partial charge in [0, 0.05) is 12.7 Å². The monoisotopic (exact) mass is 285 g/mol. The highest BCUT2D eigenvalue weighted by Gasteiger charge is 2.12. The van der Waals surface area contributed by atoms with Gasteiger partial charge in [-0.25, -0.2) is 4.98 Å². The Morgan fingerprint density at radius 2 is 2.00 bits per heavy atom. The van der Waals surface area contributed by atoms with Gasteiger partial charge in [0.25, 0.3) is 5.91 Å². The van der Waals surface area contributed by atoms with Gasteiger partial charge in [-0.15, -0.1) is 0 Å². The Hall–Kier alpha value is -1.72. The van der Waals surface area contributed by atoms with Gasteiger partial charge in [-0.1, -0.05) is 23.2 Å². The smallest absolute Gasteiger partial charge is 0.273 e. The molecule has 18 heavy (non-hydrogen) atoms. The van der Waals surface area contributed by atoms with Crippen LogP contribution in [0.5, 0.6) is 5.75 Å². The Morgan fingerprint density at radius 1 is 1.39 bits per heavy atom. The first-order valence-corrected chi connectivity index (χ1v) is 5.70. The molecule has 0 radical (unpaired) electrons. The number of aromatic nitrogens is 2. The maximum atomic E-state index is 11.9. The van der Waals surface area contributed by atoms with Crippen molar-refractivity contribution in [1.29, 1.82) is 0 Å². The highest BCUT2D eigenvalue weighted by molar-refractivity contribution is 6.37. The molecule has 0 atom stereocenters. The molecule has 0 bridgehead atoms. The largest absolute Gasteiger partial charge is 0.505 e. The van der Waals surface area contributed by atoms with Gasteiger partial charge >= 0.3 is 0 Å². The molecule has 2 rings (SSSR count). The number of aryl methyl sites for hydroxylation is 1. The minimum Gasteiger partial charge on any atom is -0.505 e. The third kappa shape index (κ3) is 2.42. The van der Waals surface area contributed by atoms with Gasteiger partial charge < -0.3 is 15.0 Å². The zero-order chi connectivity index (χ0) is 13.3. The molecule has 7 heteroatoms. The van der Waals surface area contributed by atoms with Crippen molar-refractivity contribution in [2.24, 2.45) is 7.05 Å². The number of nitrogens with zero attached hydrogens (tertiary/aromatic N) is 2. The van der Waals surface area contributed by atoms with Crippen LogP contribution in [-0.4, -0.2) is 20.6 Å². The summed E-state index contributed by atoms with van der Waals surface area (Å²) in [6.07, 6.45) is 2.96. The molecule has 0 fully saturated rings. The zero-order valence-electron chi connectivity index (χ0n) is 9.32. The summed E-state index contributed by atoms with van der Waals surface area (Å²) in [7, 11) is 1.71. The summed E-state index contributed by atoms with van der Waals surface area (Å²) < 4.78 is 1.58. The first kappa shape index (κ1) is 12.7. The summed E-state index contributed by atoms with van der Waals surface area (Å²) in [5.74, 6) is -0.551. The fourth-order valence-corrected chi connectivity index (χ4v) is 1.90. The molecule has 0 aliphatic heterocycles. The van der Waals surface area contributed by atoms with E-state index >= 15 is 0 Å². The lowest BCUT2D eigenvalue weighted by atomic mass is 10.3. The molecule has 1 heterocycles. The Bertz CT molecular complexity index is 587. The molecule has 94 valence electrons. The Labute approximate surface area is 113 Å². The van der Waals surface area contributed by atoms with Crippen molar-refractivity contribution in [3.05, 3.63) is 40.4 Å². The quantitative estimate of drug-likeness (QED) is 0.834. The van der Waals surface area contributed by atoms with Crippen LogP contribution in [0.25, 0.3) is 0 Å². The Balaban J connectivity index is 2.25. The van der Waals surface area contributed by atoms with E-state index in [4.69, 9.17) is 23.2 Å². The average Bonchev–Trinajstić information content (AvgIpc) is 2.72. The van der Waals surface area contributed by atoms with Crippen molar-refractivity contribution in [3.63, 3.8) is 0 Å². The second-order valence-electron chi connectivity index (χ2n) is 3.63. The number of halogens is 2. The average molecular weight is 286 g/mol. The van der Waals surface area contributed by atoms with Crippen LogP contribution in [0.4, 0.5) is 5.69 Å². The molecule has 0 aliphatic carbocycles. The van der Waals surface area contributed by atoms with Crippen LogP contribution >= 0.6 is 23.2 Å². The van der Waals surface area contributed by atoms with Gasteiger partial charge in [0.1, 0.15) is 5.69 Å². The lowest BCUT2D eigenvalue weighted by Crippen LogP contribution is -2.15. The number of imidazole rings is 1. The third-order valence-corrected chi connectivity index (χ3v) is 2.90. The second kappa shape index (κ2) is 4.88. The normalized spacial score (nSPS) is 10.4. The number of carbonyl (C=O) groups excluding carboxylic acids is 1. The maximum absolute atomic E-state index is 11.9. The van der Waals surface area contributed by atoms with Gasteiger partial charge in [0.15, 0.2) is 5.75 Å². The number of hydrogen-bond donors (Lipinski definition) is 2. The van der Waals surface area contributed by atoms with E-state index in [1.54, 1.807) is 11.6 Å². The number of benzene rings is 1. The van der Waals surface area contributed by atoms with E-state index in [9.17, 15) is 9.90 Å². The SMILES string of the molecule is Cn1cncc1C(=O)Nc1cc(Cl)c(O)c(Cl)c1. The number of nitrogens with one attached hydrogen (secondary N) is 1. The highest BCUT2D eigenvalue weighted by Crippen LogP contribution is 2.34. The molecule has 0 unspecified atom stereocenters. The molecule has 2 aromatic rings. The van der Waals surface area contributed by atoms with E-state index in [-0.39, 0.29) is 21.7 Å². The number of hydrogen-bond acceptors (Lipinski definition) is 3. The molecule has 2 N–H and O–H groups in total. The van der Waals surface area contributed by atoms with Gasteiger partial charge in [0.2, 0.25) is 0 Å². The summed E-state index contributed by atoms with van der Waals surface area (Å²) in [6.45, 7) is 0. The fraction of sp³-hybridized carbons (Fsp3) is 0.0909. The van der Waals surface area contributed by atoms with Crippen molar-refractivity contribution in [1.82, 2.24) is 9.55 Å². The van der Waals surface area contributed by atoms with Gasteiger partial charge in [-0.05, 0) is 12.1 Å². The van der Waals surface area contributed by atoms with E-state index in [0.29, 0.717) is 11.4 Å². The number of anilines is 1. The van der Waals surface area contributed by atoms with Crippen molar-refractivity contribution >= 4 is 34.8 Å². The molecular weight excluding hydrogens is 277 g/mol. The van der Waals surface area contributed by atoms with Crippen LogP contribution in [-0.2, 0) is 7.05 Å². The predicted octanol–water partition coefficient (Wildman–Crippen LogP) is 2.68. The van der Waals surface area contributed by atoms with E-state index in [1.165, 1.54) is 24.7 Å². The first-order valence-electron chi connectivity index (χ1n) is 4.94. The molecule has 0 aliphatic rings. The van der Waals surface area contributed by atoms with E-state index in [0.717, 1.165) is 0 Å². The topological polar surface area (TPSA) is 67.2 Å². The Morgan fingerprint density at radius 3 is 2.50 bits per heavy atom. The minimum absolute atomic E-state index is 0.0720. The molecule has 0 saturated carbocycles. The Kier molecular flexibility index (Phi) is 3.45. The molecule has 1 aromatic carbocycles. The highest BCUT2D eigenvalue weighted by atomic mass is 35.5. The van der Waals surface area contributed by atoms with E-state index < -0.39 is 0 Å². The predicted molar refractivity (Wildman–Crippen MR) is 69.3 cm³/mol. The minimum atomic E-state index is -0.340. The lowest BCUT2D eigenvalue weighted by molar-refractivity contribution is 0.101. The maximum Gasteiger partial charge on any atom is 0.273 e. The van der Waals surface area contributed by atoms with Crippen molar-refractivity contribution < 1.29 is 9.90 Å². The summed E-state index contributed by atoms with van der Waals surface area (Å²) in [5.41, 5.74) is 0.796. The second-order valence-corrected chi connectivity index (χ2v) is 4.45. The van der Waals surface area contributed by atoms with Crippen molar-refractivity contribution in [2.45, 2.75) is 0 Å². The summed E-state index contributed by atoms with van der Waals surface area (Å²) >= 11 is 11.5. The summed E-state index contributed by atoms with van der Waals surface area (Å²) in [5, 5.41) is 12.2. The van der Waals surface area contributed by atoms with E-state index in [1.807, 2.05) is 0 Å². The van der Waals surface area contributed by atoms with Crippen LogP contribution in [0.1, 0.15) is 10.5 Å².